The summed E-state index contributed by atoms with van der Waals surface area (Å²) in [6, 6.07) is 13.9. The highest BCUT2D eigenvalue weighted by atomic mass is 35.5. The normalized spacial score (nSPS) is 15.4. The summed E-state index contributed by atoms with van der Waals surface area (Å²) in [4.78, 5) is 28.4. The van der Waals surface area contributed by atoms with Crippen molar-refractivity contribution in [3.8, 4) is 5.75 Å². The van der Waals surface area contributed by atoms with Crippen molar-refractivity contribution in [2.75, 3.05) is 17.2 Å². The van der Waals surface area contributed by atoms with Crippen molar-refractivity contribution in [1.29, 1.82) is 0 Å². The third-order valence-corrected chi connectivity index (χ3v) is 4.78. The number of amides is 2. The minimum absolute atomic E-state index is 0.0685. The van der Waals surface area contributed by atoms with Gasteiger partial charge in [0.05, 0.1) is 17.5 Å². The van der Waals surface area contributed by atoms with Crippen molar-refractivity contribution in [2.45, 2.75) is 12.5 Å². The van der Waals surface area contributed by atoms with E-state index in [1.54, 1.807) is 16.8 Å². The van der Waals surface area contributed by atoms with Crippen LogP contribution in [-0.4, -0.2) is 33.2 Å². The van der Waals surface area contributed by atoms with Crippen LogP contribution in [0.5, 0.6) is 5.75 Å². The molecule has 0 bridgehead atoms. The lowest BCUT2D eigenvalue weighted by atomic mass is 10.0. The fourth-order valence-corrected chi connectivity index (χ4v) is 3.41. The van der Waals surface area contributed by atoms with Crippen LogP contribution in [-0.2, 0) is 9.59 Å². The molecule has 0 fully saturated rings. The number of fused-ring (bicyclic) bond motifs is 1. The summed E-state index contributed by atoms with van der Waals surface area (Å²) < 4.78 is 6.99. The minimum atomic E-state index is -0.471. The van der Waals surface area contributed by atoms with Gasteiger partial charge < -0.3 is 4.74 Å². The van der Waals surface area contributed by atoms with Gasteiger partial charge in [-0.15, -0.1) is 5.10 Å². The van der Waals surface area contributed by atoms with E-state index in [2.05, 4.69) is 20.7 Å². The molecule has 1 aliphatic rings. The number of carbonyl (C=O) groups excluding carboxylic acids is 2. The summed E-state index contributed by atoms with van der Waals surface area (Å²) in [5.41, 5.74) is 0.923. The number of benzene rings is 2. The fraction of sp³-hybridized carbons (Fsp3) is 0.158. The zero-order chi connectivity index (χ0) is 20.4. The average molecular weight is 432 g/mol. The molecule has 2 N–H and O–H groups in total. The van der Waals surface area contributed by atoms with E-state index in [1.165, 1.54) is 6.07 Å². The molecule has 0 saturated heterocycles. The third-order valence-electron chi connectivity index (χ3n) is 4.24. The molecular weight excluding hydrogens is 417 g/mol. The second-order valence-corrected chi connectivity index (χ2v) is 7.14. The summed E-state index contributed by atoms with van der Waals surface area (Å²) in [5, 5.41) is 10.3. The van der Waals surface area contributed by atoms with Crippen LogP contribution in [0.1, 0.15) is 18.0 Å². The number of nitrogens with zero attached hydrogens (tertiary/aromatic N) is 3. The molecule has 3 aromatic rings. The molecular formula is C19H15Cl2N5O3. The maximum absolute atomic E-state index is 12.2. The minimum Gasteiger partial charge on any atom is -0.482 e. The number of aromatic nitrogens is 3. The number of anilines is 2. The van der Waals surface area contributed by atoms with Crippen LogP contribution in [0.4, 0.5) is 11.9 Å². The highest BCUT2D eigenvalue weighted by Gasteiger charge is 2.29. The summed E-state index contributed by atoms with van der Waals surface area (Å²) >= 11 is 11.9. The predicted octanol–water partition coefficient (Wildman–Crippen LogP) is 3.53. The van der Waals surface area contributed by atoms with E-state index in [0.29, 0.717) is 15.8 Å². The molecule has 0 spiro atoms. The van der Waals surface area contributed by atoms with Crippen LogP contribution >= 0.6 is 23.2 Å². The lowest BCUT2D eigenvalue weighted by molar-refractivity contribution is -0.118. The molecule has 0 radical (unpaired) electrons. The Morgan fingerprint density at radius 2 is 2.03 bits per heavy atom. The van der Waals surface area contributed by atoms with E-state index in [9.17, 15) is 9.59 Å². The Morgan fingerprint density at radius 3 is 2.79 bits per heavy atom. The highest BCUT2D eigenvalue weighted by Crippen LogP contribution is 2.30. The number of rotatable bonds is 5. The molecule has 2 amide bonds. The fourth-order valence-electron chi connectivity index (χ4n) is 2.95. The number of nitrogens with one attached hydrogen (secondary N) is 2. The van der Waals surface area contributed by atoms with E-state index in [4.69, 9.17) is 27.9 Å². The first-order valence-corrected chi connectivity index (χ1v) is 9.44. The molecule has 1 aliphatic heterocycles. The second kappa shape index (κ2) is 8.10. The summed E-state index contributed by atoms with van der Waals surface area (Å²) in [6.07, 6.45) is 0.228. The van der Waals surface area contributed by atoms with Crippen molar-refractivity contribution in [3.05, 3.63) is 64.1 Å². The van der Waals surface area contributed by atoms with Gasteiger partial charge >= 0.3 is 0 Å². The Morgan fingerprint density at radius 1 is 1.24 bits per heavy atom. The second-order valence-electron chi connectivity index (χ2n) is 6.29. The standard InChI is InChI=1S/C19H15Cl2N5O3/c20-12-6-7-15(13(21)8-12)29-10-17(28)22-18-24-19-23-16(27)9-14(26(19)25-18)11-4-2-1-3-5-11/h1-8,14H,9-10H2,(H2,22,23,24,25,27,28)/t14-/m1/s1. The summed E-state index contributed by atoms with van der Waals surface area (Å²) in [6.45, 7) is -0.292. The number of halogens is 2. The SMILES string of the molecule is O=C(COc1ccc(Cl)cc1Cl)Nc1nc2n(n1)[C@@H](c1ccccc1)CC(=O)N2. The van der Waals surface area contributed by atoms with E-state index < -0.39 is 5.91 Å². The van der Waals surface area contributed by atoms with Crippen LogP contribution in [0.25, 0.3) is 0 Å². The molecule has 148 valence electrons. The molecule has 4 rings (SSSR count). The molecule has 0 unspecified atom stereocenters. The maximum Gasteiger partial charge on any atom is 0.264 e. The first kappa shape index (κ1) is 19.2. The van der Waals surface area contributed by atoms with Crippen LogP contribution in [0, 0.1) is 0 Å². The molecule has 2 aromatic carbocycles. The van der Waals surface area contributed by atoms with Crippen LogP contribution in [0.15, 0.2) is 48.5 Å². The lowest BCUT2D eigenvalue weighted by Gasteiger charge is -2.23. The van der Waals surface area contributed by atoms with Gasteiger partial charge in [0.1, 0.15) is 5.75 Å². The number of ether oxygens (including phenoxy) is 1. The van der Waals surface area contributed by atoms with Crippen molar-refractivity contribution in [3.63, 3.8) is 0 Å². The molecule has 29 heavy (non-hydrogen) atoms. The van der Waals surface area contributed by atoms with Crippen LogP contribution in [0.3, 0.4) is 0 Å². The molecule has 0 aliphatic carbocycles. The van der Waals surface area contributed by atoms with Crippen LogP contribution < -0.4 is 15.4 Å². The smallest absolute Gasteiger partial charge is 0.264 e. The molecule has 8 nitrogen and oxygen atoms in total. The molecule has 1 aromatic heterocycles. The summed E-state index contributed by atoms with van der Waals surface area (Å²) in [5.74, 6) is 0.0320. The lowest BCUT2D eigenvalue weighted by Crippen LogP contribution is -2.29. The Labute approximate surface area is 175 Å². The topological polar surface area (TPSA) is 98.1 Å². The first-order valence-electron chi connectivity index (χ1n) is 8.68. The quantitative estimate of drug-likeness (QED) is 0.643. The average Bonchev–Trinajstić information content (AvgIpc) is 3.09. The van der Waals surface area contributed by atoms with Crippen molar-refractivity contribution in [2.24, 2.45) is 0 Å². The van der Waals surface area contributed by atoms with E-state index in [-0.39, 0.29) is 36.9 Å². The van der Waals surface area contributed by atoms with E-state index in [0.717, 1.165) is 5.56 Å². The highest BCUT2D eigenvalue weighted by molar-refractivity contribution is 6.35. The first-order chi connectivity index (χ1) is 14.0. The van der Waals surface area contributed by atoms with Crippen LogP contribution in [0.2, 0.25) is 10.0 Å². The zero-order valence-corrected chi connectivity index (χ0v) is 16.4. The molecule has 10 heteroatoms. The van der Waals surface area contributed by atoms with Gasteiger partial charge in [-0.05, 0) is 23.8 Å². The van der Waals surface area contributed by atoms with Gasteiger partial charge in [-0.25, -0.2) is 4.68 Å². The largest absolute Gasteiger partial charge is 0.482 e. The van der Waals surface area contributed by atoms with Gasteiger partial charge in [-0.1, -0.05) is 53.5 Å². The Bertz CT molecular complexity index is 1070. The number of hydrogen-bond acceptors (Lipinski definition) is 5. The Hall–Kier alpha value is -3.10. The van der Waals surface area contributed by atoms with Crippen molar-refractivity contribution in [1.82, 2.24) is 14.8 Å². The Balaban J connectivity index is 1.46. The number of carbonyl (C=O) groups is 2. The number of hydrogen-bond donors (Lipinski definition) is 2. The van der Waals surface area contributed by atoms with Crippen molar-refractivity contribution < 1.29 is 14.3 Å². The van der Waals surface area contributed by atoms with E-state index >= 15 is 0 Å². The molecule has 2 heterocycles. The predicted molar refractivity (Wildman–Crippen MR) is 108 cm³/mol. The molecule has 0 saturated carbocycles. The van der Waals surface area contributed by atoms with Gasteiger partial charge in [0.15, 0.2) is 6.61 Å². The van der Waals surface area contributed by atoms with Gasteiger partial charge in [0, 0.05) is 5.02 Å². The Kier molecular flexibility index (Phi) is 5.37. The van der Waals surface area contributed by atoms with Crippen molar-refractivity contribution >= 4 is 46.9 Å². The third kappa shape index (κ3) is 4.33. The van der Waals surface area contributed by atoms with Gasteiger partial charge in [-0.2, -0.15) is 4.98 Å². The van der Waals surface area contributed by atoms with Gasteiger partial charge in [0.25, 0.3) is 11.9 Å². The summed E-state index contributed by atoms with van der Waals surface area (Å²) in [7, 11) is 0. The maximum atomic E-state index is 12.2. The van der Waals surface area contributed by atoms with Gasteiger partial charge in [-0.3, -0.25) is 20.2 Å². The van der Waals surface area contributed by atoms with Gasteiger partial charge in [0.2, 0.25) is 11.9 Å². The van der Waals surface area contributed by atoms with E-state index in [1.807, 2.05) is 30.3 Å². The zero-order valence-electron chi connectivity index (χ0n) is 14.9. The molecule has 1 atom stereocenters. The monoisotopic (exact) mass is 431 g/mol.